The van der Waals surface area contributed by atoms with E-state index < -0.39 is 23.7 Å². The van der Waals surface area contributed by atoms with Crippen LogP contribution < -0.4 is 10.6 Å². The summed E-state index contributed by atoms with van der Waals surface area (Å²) in [4.78, 5) is 1.63. The molecule has 9 heteroatoms. The molecule has 0 saturated carbocycles. The minimum absolute atomic E-state index is 0. The zero-order valence-electron chi connectivity index (χ0n) is 10.5. The second kappa shape index (κ2) is 6.32. The molecule has 0 amide bonds. The third-order valence-electron chi connectivity index (χ3n) is 2.60. The van der Waals surface area contributed by atoms with E-state index in [1.54, 1.807) is 19.0 Å². The van der Waals surface area contributed by atoms with Gasteiger partial charge in [0.15, 0.2) is 0 Å². The summed E-state index contributed by atoms with van der Waals surface area (Å²) in [5.74, 6) is -5.05. The molecule has 0 heterocycles. The van der Waals surface area contributed by atoms with Crippen molar-refractivity contribution in [3.05, 3.63) is 28.8 Å². The smallest absolute Gasteiger partial charge is 0.378 e. The van der Waals surface area contributed by atoms with E-state index in [0.717, 1.165) is 6.07 Å². The van der Waals surface area contributed by atoms with Crippen molar-refractivity contribution in [2.45, 2.75) is 18.1 Å². The average molecular weight is 339 g/mol. The van der Waals surface area contributed by atoms with E-state index in [2.05, 4.69) is 0 Å². The Morgan fingerprint density at radius 1 is 1.15 bits per heavy atom. The summed E-state index contributed by atoms with van der Waals surface area (Å²) in [7, 11) is 3.35. The van der Waals surface area contributed by atoms with E-state index in [9.17, 15) is 22.0 Å². The number of rotatable bonds is 3. The molecule has 0 unspecified atom stereocenters. The fraction of sp³-hybridized carbons (Fsp3) is 0.455. The fourth-order valence-electron chi connectivity index (χ4n) is 1.42. The van der Waals surface area contributed by atoms with Gasteiger partial charge in [-0.15, -0.1) is 12.4 Å². The molecular formula is C11H13Cl2F5N2. The maximum Gasteiger partial charge on any atom is 0.455 e. The van der Waals surface area contributed by atoms with Gasteiger partial charge in [0, 0.05) is 24.8 Å². The second-order valence-electron chi connectivity index (χ2n) is 4.20. The first-order valence-corrected chi connectivity index (χ1v) is 5.53. The standard InChI is InChI=1S/C11H12ClF5N2.ClH/c1-19(2)6-3-4-7(8(12)5-6)9(18)10(13,14)11(15,16)17;/h3-5,9H,18H2,1-2H3;1H/t9-;/m0./s1. The molecule has 0 aliphatic heterocycles. The Morgan fingerprint density at radius 2 is 1.65 bits per heavy atom. The van der Waals surface area contributed by atoms with Crippen molar-refractivity contribution in [1.82, 2.24) is 0 Å². The fourth-order valence-corrected chi connectivity index (χ4v) is 1.71. The molecule has 116 valence electrons. The molecule has 0 radical (unpaired) electrons. The topological polar surface area (TPSA) is 29.3 Å². The number of nitrogens with zero attached hydrogens (tertiary/aromatic N) is 1. The van der Waals surface area contributed by atoms with Gasteiger partial charge < -0.3 is 10.6 Å². The number of nitrogens with two attached hydrogens (primary N) is 1. The van der Waals surface area contributed by atoms with Crippen LogP contribution in [0.1, 0.15) is 11.6 Å². The van der Waals surface area contributed by atoms with Gasteiger partial charge in [0.05, 0.1) is 0 Å². The van der Waals surface area contributed by atoms with E-state index in [4.69, 9.17) is 17.3 Å². The average Bonchev–Trinajstić information content (AvgIpc) is 2.26. The van der Waals surface area contributed by atoms with Crippen molar-refractivity contribution in [2.24, 2.45) is 5.73 Å². The molecular weight excluding hydrogens is 326 g/mol. The lowest BCUT2D eigenvalue weighted by atomic mass is 10.0. The summed E-state index contributed by atoms with van der Waals surface area (Å²) >= 11 is 5.72. The number of hydrogen-bond donors (Lipinski definition) is 1. The molecule has 1 atom stereocenters. The molecule has 0 bridgehead atoms. The van der Waals surface area contributed by atoms with Crippen molar-refractivity contribution < 1.29 is 22.0 Å². The van der Waals surface area contributed by atoms with E-state index in [-0.39, 0.29) is 17.4 Å². The first kappa shape index (κ1) is 19.2. The van der Waals surface area contributed by atoms with E-state index in [1.165, 1.54) is 12.1 Å². The Bertz CT molecular complexity index is 463. The summed E-state index contributed by atoms with van der Waals surface area (Å²) in [6.07, 6.45) is -5.73. The van der Waals surface area contributed by atoms with Crippen LogP contribution in [-0.4, -0.2) is 26.2 Å². The van der Waals surface area contributed by atoms with Crippen molar-refractivity contribution in [3.8, 4) is 0 Å². The first-order chi connectivity index (χ1) is 8.48. The maximum atomic E-state index is 13.1. The molecule has 1 rings (SSSR count). The molecule has 0 aromatic heterocycles. The Morgan fingerprint density at radius 3 is 2.00 bits per heavy atom. The van der Waals surface area contributed by atoms with Gasteiger partial charge >= 0.3 is 12.1 Å². The van der Waals surface area contributed by atoms with Gasteiger partial charge in [-0.05, 0) is 17.7 Å². The number of benzene rings is 1. The lowest BCUT2D eigenvalue weighted by Gasteiger charge is -2.27. The van der Waals surface area contributed by atoms with Crippen LogP contribution in [0.4, 0.5) is 27.6 Å². The van der Waals surface area contributed by atoms with Crippen molar-refractivity contribution in [2.75, 3.05) is 19.0 Å². The Hall–Kier alpha value is -0.790. The molecule has 20 heavy (non-hydrogen) atoms. The summed E-state index contributed by atoms with van der Waals surface area (Å²) in [5.41, 5.74) is 5.13. The van der Waals surface area contributed by atoms with Crippen LogP contribution in [0.3, 0.4) is 0 Å². The molecule has 2 nitrogen and oxygen atoms in total. The zero-order chi connectivity index (χ0) is 15.0. The third kappa shape index (κ3) is 3.65. The van der Waals surface area contributed by atoms with Gasteiger partial charge in [0.2, 0.25) is 0 Å². The van der Waals surface area contributed by atoms with Gasteiger partial charge in [-0.1, -0.05) is 17.7 Å². The Balaban J connectivity index is 0.00000361. The first-order valence-electron chi connectivity index (χ1n) is 5.15. The largest absolute Gasteiger partial charge is 0.455 e. The molecule has 1 aromatic carbocycles. The lowest BCUT2D eigenvalue weighted by Crippen LogP contribution is -2.45. The minimum atomic E-state index is -5.73. The molecule has 2 N–H and O–H groups in total. The Kier molecular flexibility index (Phi) is 6.07. The van der Waals surface area contributed by atoms with Gasteiger partial charge in [-0.3, -0.25) is 0 Å². The summed E-state index contributed by atoms with van der Waals surface area (Å²) in [6, 6.07) is 1.18. The van der Waals surface area contributed by atoms with Gasteiger partial charge in [0.25, 0.3) is 0 Å². The summed E-state index contributed by atoms with van der Waals surface area (Å²) in [6.45, 7) is 0. The zero-order valence-corrected chi connectivity index (χ0v) is 12.1. The predicted octanol–water partition coefficient (Wildman–Crippen LogP) is 4.03. The van der Waals surface area contributed by atoms with Crippen LogP contribution in [0.2, 0.25) is 5.02 Å². The molecule has 0 fully saturated rings. The van der Waals surface area contributed by atoms with Crippen molar-refractivity contribution >= 4 is 29.7 Å². The third-order valence-corrected chi connectivity index (χ3v) is 2.93. The normalized spacial score (nSPS) is 13.7. The monoisotopic (exact) mass is 338 g/mol. The van der Waals surface area contributed by atoms with Crippen LogP contribution in [0, 0.1) is 0 Å². The number of alkyl halides is 5. The Labute approximate surface area is 124 Å². The van der Waals surface area contributed by atoms with Gasteiger partial charge in [0.1, 0.15) is 6.04 Å². The highest BCUT2D eigenvalue weighted by Crippen LogP contribution is 2.44. The molecule has 0 spiro atoms. The van der Waals surface area contributed by atoms with Crippen molar-refractivity contribution in [1.29, 1.82) is 0 Å². The van der Waals surface area contributed by atoms with Crippen molar-refractivity contribution in [3.63, 3.8) is 0 Å². The summed E-state index contributed by atoms with van der Waals surface area (Å²) < 4.78 is 62.9. The maximum absolute atomic E-state index is 13.1. The van der Waals surface area contributed by atoms with E-state index in [0.29, 0.717) is 5.69 Å². The van der Waals surface area contributed by atoms with Gasteiger partial charge in [-0.25, -0.2) is 0 Å². The molecule has 1 aromatic rings. The van der Waals surface area contributed by atoms with Crippen LogP contribution in [0.5, 0.6) is 0 Å². The lowest BCUT2D eigenvalue weighted by molar-refractivity contribution is -0.290. The van der Waals surface area contributed by atoms with Crippen LogP contribution >= 0.6 is 24.0 Å². The van der Waals surface area contributed by atoms with Crippen LogP contribution in [-0.2, 0) is 0 Å². The highest BCUT2D eigenvalue weighted by Gasteiger charge is 2.62. The molecule has 0 aliphatic rings. The minimum Gasteiger partial charge on any atom is -0.378 e. The van der Waals surface area contributed by atoms with Crippen LogP contribution in [0.15, 0.2) is 18.2 Å². The SMILES string of the molecule is CN(C)c1ccc([C@H](N)C(F)(F)C(F)(F)F)c(Cl)c1.Cl. The second-order valence-corrected chi connectivity index (χ2v) is 4.61. The molecule has 0 aliphatic carbocycles. The quantitative estimate of drug-likeness (QED) is 0.843. The van der Waals surface area contributed by atoms with E-state index >= 15 is 0 Å². The number of halogens is 7. The highest BCUT2D eigenvalue weighted by molar-refractivity contribution is 6.31. The number of hydrogen-bond acceptors (Lipinski definition) is 2. The predicted molar refractivity (Wildman–Crippen MR) is 71.0 cm³/mol. The molecule has 0 saturated heterocycles. The number of anilines is 1. The summed E-state index contributed by atoms with van der Waals surface area (Å²) in [5, 5.41) is -0.234. The van der Waals surface area contributed by atoms with Gasteiger partial charge in [-0.2, -0.15) is 22.0 Å². The highest BCUT2D eigenvalue weighted by atomic mass is 35.5. The van der Waals surface area contributed by atoms with E-state index in [1.807, 2.05) is 0 Å². The van der Waals surface area contributed by atoms with Crippen LogP contribution in [0.25, 0.3) is 0 Å².